The van der Waals surface area contributed by atoms with Crippen LogP contribution in [0, 0.1) is 6.92 Å². The summed E-state index contributed by atoms with van der Waals surface area (Å²) >= 11 is 0. The Bertz CT molecular complexity index is 526. The van der Waals surface area contributed by atoms with Gasteiger partial charge >= 0.3 is 0 Å². The first-order chi connectivity index (χ1) is 7.56. The monoisotopic (exact) mass is 221 g/mol. The number of nitrogens with zero attached hydrogens (tertiary/aromatic N) is 4. The number of nitrogens with two attached hydrogens (primary N) is 1. The average Bonchev–Trinajstić information content (AvgIpc) is 2.74. The summed E-state index contributed by atoms with van der Waals surface area (Å²) in [5.74, 6) is 0.271. The zero-order chi connectivity index (χ0) is 11.7. The van der Waals surface area contributed by atoms with Gasteiger partial charge in [0.15, 0.2) is 0 Å². The van der Waals surface area contributed by atoms with Gasteiger partial charge in [-0.25, -0.2) is 0 Å². The topological polar surface area (TPSA) is 115 Å². The van der Waals surface area contributed by atoms with E-state index >= 15 is 0 Å². The lowest BCUT2D eigenvalue weighted by Gasteiger charge is -2.01. The zero-order valence-corrected chi connectivity index (χ0v) is 8.85. The Morgan fingerprint density at radius 2 is 2.38 bits per heavy atom. The number of carbonyl (C=O) groups is 1. The molecule has 0 aliphatic heterocycles. The summed E-state index contributed by atoms with van der Waals surface area (Å²) in [5.41, 5.74) is 6.11. The summed E-state index contributed by atoms with van der Waals surface area (Å²) in [6.07, 6.45) is 0. The molecule has 0 saturated carbocycles. The van der Waals surface area contributed by atoms with Gasteiger partial charge in [0.05, 0.1) is 5.69 Å². The van der Waals surface area contributed by atoms with Crippen LogP contribution in [0.5, 0.6) is 0 Å². The van der Waals surface area contributed by atoms with Crippen LogP contribution in [-0.4, -0.2) is 30.9 Å². The number of hydrogen-bond donors (Lipinski definition) is 3. The molecule has 8 nitrogen and oxygen atoms in total. The Morgan fingerprint density at radius 3 is 2.88 bits per heavy atom. The van der Waals surface area contributed by atoms with Crippen LogP contribution in [0.3, 0.4) is 0 Å². The van der Waals surface area contributed by atoms with E-state index in [0.717, 1.165) is 5.69 Å². The maximum atomic E-state index is 11.6. The molecule has 1 amide bonds. The molecule has 0 atom stereocenters. The number of nitrogens with one attached hydrogen (secondary N) is 2. The van der Waals surface area contributed by atoms with Gasteiger partial charge in [0.1, 0.15) is 5.82 Å². The molecule has 0 unspecified atom stereocenters. The molecule has 2 aromatic heterocycles. The maximum absolute atomic E-state index is 11.6. The number of anilines is 2. The number of hydrogen-bond acceptors (Lipinski definition) is 5. The lowest BCUT2D eigenvalue weighted by Crippen LogP contribution is -2.16. The number of nitrogen functional groups attached to an aromatic ring is 1. The quantitative estimate of drug-likeness (QED) is 0.643. The van der Waals surface area contributed by atoms with Crippen LogP contribution in [0.2, 0.25) is 0 Å². The van der Waals surface area contributed by atoms with Crippen LogP contribution in [0.25, 0.3) is 0 Å². The highest BCUT2D eigenvalue weighted by molar-refractivity contribution is 6.01. The minimum Gasteiger partial charge on any atom is -0.366 e. The van der Waals surface area contributed by atoms with Gasteiger partial charge in [0.25, 0.3) is 5.91 Å². The molecule has 2 aromatic rings. The molecule has 8 heteroatoms. The molecule has 2 heterocycles. The van der Waals surface area contributed by atoms with E-state index < -0.39 is 5.91 Å². The fraction of sp³-hybridized carbons (Fsp3) is 0.250. The highest BCUT2D eigenvalue weighted by atomic mass is 16.2. The first-order valence-electron chi connectivity index (χ1n) is 4.56. The Hall–Kier alpha value is -2.38. The molecule has 0 saturated heterocycles. The molecule has 0 aliphatic rings. The normalized spacial score (nSPS) is 10.4. The summed E-state index contributed by atoms with van der Waals surface area (Å²) in [5, 5.41) is 12.7. The number of carbonyl (C=O) groups excluding carboxylic acids is 1. The SMILES string of the molecule is Cc1cc(NC(=O)c2nc(N)n[nH]2)n(C)n1. The van der Waals surface area contributed by atoms with Crippen LogP contribution in [-0.2, 0) is 7.05 Å². The highest BCUT2D eigenvalue weighted by Crippen LogP contribution is 2.08. The third kappa shape index (κ3) is 1.85. The van der Waals surface area contributed by atoms with E-state index in [1.165, 1.54) is 0 Å². The van der Waals surface area contributed by atoms with Gasteiger partial charge in [0.2, 0.25) is 11.8 Å². The van der Waals surface area contributed by atoms with Crippen molar-refractivity contribution in [2.24, 2.45) is 7.05 Å². The van der Waals surface area contributed by atoms with Crippen molar-refractivity contribution in [1.29, 1.82) is 0 Å². The molecule has 84 valence electrons. The number of aromatic nitrogens is 5. The number of aromatic amines is 1. The fourth-order valence-corrected chi connectivity index (χ4v) is 1.28. The van der Waals surface area contributed by atoms with Gasteiger partial charge in [-0.15, -0.1) is 5.10 Å². The number of aryl methyl sites for hydroxylation is 2. The van der Waals surface area contributed by atoms with E-state index in [2.05, 4.69) is 25.6 Å². The second-order valence-electron chi connectivity index (χ2n) is 3.29. The zero-order valence-electron chi connectivity index (χ0n) is 8.85. The molecule has 0 bridgehead atoms. The Balaban J connectivity index is 2.16. The second-order valence-corrected chi connectivity index (χ2v) is 3.29. The molecule has 0 radical (unpaired) electrons. The van der Waals surface area contributed by atoms with E-state index in [-0.39, 0.29) is 11.8 Å². The van der Waals surface area contributed by atoms with Crippen molar-refractivity contribution in [3.05, 3.63) is 17.6 Å². The first kappa shape index (κ1) is 10.1. The molecule has 0 aliphatic carbocycles. The largest absolute Gasteiger partial charge is 0.366 e. The number of amides is 1. The van der Waals surface area contributed by atoms with Gasteiger partial charge in [-0.2, -0.15) is 10.1 Å². The fourth-order valence-electron chi connectivity index (χ4n) is 1.28. The van der Waals surface area contributed by atoms with Crippen molar-refractivity contribution in [2.45, 2.75) is 6.92 Å². The molecule has 16 heavy (non-hydrogen) atoms. The van der Waals surface area contributed by atoms with Crippen LogP contribution >= 0.6 is 0 Å². The summed E-state index contributed by atoms with van der Waals surface area (Å²) in [6.45, 7) is 1.84. The third-order valence-electron chi connectivity index (χ3n) is 1.96. The van der Waals surface area contributed by atoms with Crippen molar-refractivity contribution in [1.82, 2.24) is 25.0 Å². The lowest BCUT2D eigenvalue weighted by molar-refractivity contribution is 0.101. The third-order valence-corrected chi connectivity index (χ3v) is 1.96. The molecule has 4 N–H and O–H groups in total. The molecule has 0 spiro atoms. The smallest absolute Gasteiger partial charge is 0.294 e. The molecule has 2 rings (SSSR count). The summed E-state index contributed by atoms with van der Waals surface area (Å²) in [6, 6.07) is 1.75. The minimum atomic E-state index is -0.410. The molecule has 0 fully saturated rings. The van der Waals surface area contributed by atoms with Crippen molar-refractivity contribution in [2.75, 3.05) is 11.1 Å². The summed E-state index contributed by atoms with van der Waals surface area (Å²) in [7, 11) is 1.73. The van der Waals surface area contributed by atoms with Crippen molar-refractivity contribution in [3.8, 4) is 0 Å². The first-order valence-corrected chi connectivity index (χ1v) is 4.56. The predicted octanol–water partition coefficient (Wildman–Crippen LogP) is -0.319. The summed E-state index contributed by atoms with van der Waals surface area (Å²) in [4.78, 5) is 15.4. The van der Waals surface area contributed by atoms with Gasteiger partial charge < -0.3 is 11.1 Å². The average molecular weight is 221 g/mol. The lowest BCUT2D eigenvalue weighted by atomic mass is 10.4. The van der Waals surface area contributed by atoms with Gasteiger partial charge in [-0.3, -0.25) is 14.6 Å². The van der Waals surface area contributed by atoms with Crippen LogP contribution in [0.4, 0.5) is 11.8 Å². The van der Waals surface area contributed by atoms with E-state index in [0.29, 0.717) is 5.82 Å². The molecule has 0 aromatic carbocycles. The molecular formula is C8H11N7O. The molecular weight excluding hydrogens is 210 g/mol. The number of H-pyrrole nitrogens is 1. The van der Waals surface area contributed by atoms with E-state index in [4.69, 9.17) is 5.73 Å². The van der Waals surface area contributed by atoms with E-state index in [1.807, 2.05) is 6.92 Å². The maximum Gasteiger partial charge on any atom is 0.294 e. The van der Waals surface area contributed by atoms with Gasteiger partial charge in [-0.1, -0.05) is 0 Å². The highest BCUT2D eigenvalue weighted by Gasteiger charge is 2.12. The van der Waals surface area contributed by atoms with Crippen LogP contribution in [0.15, 0.2) is 6.07 Å². The second kappa shape index (κ2) is 3.65. The Kier molecular flexibility index (Phi) is 2.31. The van der Waals surface area contributed by atoms with Gasteiger partial charge in [-0.05, 0) is 6.92 Å². The predicted molar refractivity (Wildman–Crippen MR) is 56.7 cm³/mol. The van der Waals surface area contributed by atoms with Crippen LogP contribution in [0.1, 0.15) is 16.3 Å². The minimum absolute atomic E-state index is 0.0336. The van der Waals surface area contributed by atoms with Crippen molar-refractivity contribution in [3.63, 3.8) is 0 Å². The van der Waals surface area contributed by atoms with Gasteiger partial charge in [0, 0.05) is 13.1 Å². The number of rotatable bonds is 2. The van der Waals surface area contributed by atoms with Crippen molar-refractivity contribution < 1.29 is 4.79 Å². The standard InChI is InChI=1S/C8H11N7O/c1-4-3-5(15(2)14-4)10-7(16)6-11-8(9)13-12-6/h3H,1-2H3,(H,10,16)(H3,9,11,12,13). The Labute approximate surface area is 90.9 Å². The van der Waals surface area contributed by atoms with E-state index in [9.17, 15) is 4.79 Å². The Morgan fingerprint density at radius 1 is 1.62 bits per heavy atom. The van der Waals surface area contributed by atoms with E-state index in [1.54, 1.807) is 17.8 Å². The van der Waals surface area contributed by atoms with Crippen LogP contribution < -0.4 is 11.1 Å². The summed E-state index contributed by atoms with van der Waals surface area (Å²) < 4.78 is 1.56. The van der Waals surface area contributed by atoms with Crippen molar-refractivity contribution >= 4 is 17.7 Å².